The van der Waals surface area contributed by atoms with E-state index in [9.17, 15) is 0 Å². The number of benzene rings is 2. The summed E-state index contributed by atoms with van der Waals surface area (Å²) < 4.78 is 0. The van der Waals surface area contributed by atoms with E-state index in [1.807, 2.05) is 13.8 Å². The lowest BCUT2D eigenvalue weighted by Crippen LogP contribution is -2.31. The summed E-state index contributed by atoms with van der Waals surface area (Å²) in [5.74, 6) is 0. The van der Waals surface area contributed by atoms with Gasteiger partial charge in [0.15, 0.2) is 0 Å². The summed E-state index contributed by atoms with van der Waals surface area (Å²) >= 11 is 0. The lowest BCUT2D eigenvalue weighted by atomic mass is 9.95. The molecule has 22 heavy (non-hydrogen) atoms. The van der Waals surface area contributed by atoms with Crippen LogP contribution in [0.4, 0.5) is 0 Å². The highest BCUT2D eigenvalue weighted by Crippen LogP contribution is 2.22. The Morgan fingerprint density at radius 3 is 2.50 bits per heavy atom. The van der Waals surface area contributed by atoms with Crippen LogP contribution in [0.3, 0.4) is 0 Å². The normalized spacial score (nSPS) is 14.0. The maximum Gasteiger partial charge on any atom is 0.0236 e. The molecule has 1 aliphatic heterocycles. The van der Waals surface area contributed by atoms with Gasteiger partial charge in [-0.05, 0) is 55.0 Å². The van der Waals surface area contributed by atoms with Crippen molar-refractivity contribution >= 4 is 0 Å². The van der Waals surface area contributed by atoms with Gasteiger partial charge in [0.25, 0.3) is 0 Å². The second-order valence-electron chi connectivity index (χ2n) is 5.83. The van der Waals surface area contributed by atoms with E-state index in [0.29, 0.717) is 0 Å². The maximum absolute atomic E-state index is 2.60. The molecule has 0 aromatic heterocycles. The van der Waals surface area contributed by atoms with Crippen LogP contribution in [-0.2, 0) is 19.4 Å². The molecular weight excluding hydrogens is 266 g/mol. The second-order valence-corrected chi connectivity index (χ2v) is 5.83. The Kier molecular flexibility index (Phi) is 6.67. The van der Waals surface area contributed by atoms with Crippen LogP contribution in [-0.4, -0.2) is 18.0 Å². The molecule has 0 spiro atoms. The molecule has 1 nitrogen and oxygen atoms in total. The van der Waals surface area contributed by atoms with Crippen molar-refractivity contribution in [1.29, 1.82) is 0 Å². The first-order chi connectivity index (χ1) is 10.8. The third kappa shape index (κ3) is 4.45. The molecule has 0 fully saturated rings. The Hall–Kier alpha value is -1.60. The molecule has 0 saturated carbocycles. The molecule has 1 heterocycles. The van der Waals surface area contributed by atoms with Crippen LogP contribution in [0.15, 0.2) is 48.5 Å². The Balaban J connectivity index is 0.000000847. The van der Waals surface area contributed by atoms with E-state index in [0.717, 1.165) is 6.54 Å². The fourth-order valence-electron chi connectivity index (χ4n) is 3.20. The van der Waals surface area contributed by atoms with Crippen LogP contribution in [0, 0.1) is 6.92 Å². The number of rotatable bonds is 4. The van der Waals surface area contributed by atoms with Gasteiger partial charge in [-0.15, -0.1) is 0 Å². The first-order valence-corrected chi connectivity index (χ1v) is 8.66. The molecule has 0 atom stereocenters. The first-order valence-electron chi connectivity index (χ1n) is 8.66. The number of hydrogen-bond donors (Lipinski definition) is 0. The SMILES string of the molecule is CC.Cc1cccc2c1CCN(CCCc1ccccc1)C2. The quantitative estimate of drug-likeness (QED) is 0.766. The molecule has 0 N–H and O–H groups in total. The molecule has 3 rings (SSSR count). The molecule has 0 saturated heterocycles. The van der Waals surface area contributed by atoms with E-state index in [2.05, 4.69) is 60.4 Å². The summed E-state index contributed by atoms with van der Waals surface area (Å²) in [5, 5.41) is 0. The molecule has 2 aromatic rings. The van der Waals surface area contributed by atoms with E-state index in [-0.39, 0.29) is 0 Å². The van der Waals surface area contributed by atoms with E-state index < -0.39 is 0 Å². The average Bonchev–Trinajstić information content (AvgIpc) is 2.58. The number of fused-ring (bicyclic) bond motifs is 1. The number of aryl methyl sites for hydroxylation is 2. The monoisotopic (exact) mass is 295 g/mol. The highest BCUT2D eigenvalue weighted by atomic mass is 15.1. The summed E-state index contributed by atoms with van der Waals surface area (Å²) in [7, 11) is 0. The highest BCUT2D eigenvalue weighted by Gasteiger charge is 2.16. The Labute approximate surface area is 136 Å². The summed E-state index contributed by atoms with van der Waals surface area (Å²) in [5.41, 5.74) is 6.05. The van der Waals surface area contributed by atoms with Gasteiger partial charge >= 0.3 is 0 Å². The topological polar surface area (TPSA) is 3.24 Å². The molecule has 1 heteroatoms. The zero-order valence-corrected chi connectivity index (χ0v) is 14.3. The Bertz CT molecular complexity index is 559. The summed E-state index contributed by atoms with van der Waals surface area (Å²) in [6, 6.07) is 17.6. The van der Waals surface area contributed by atoms with Gasteiger partial charge in [-0.3, -0.25) is 4.90 Å². The zero-order valence-electron chi connectivity index (χ0n) is 14.3. The summed E-state index contributed by atoms with van der Waals surface area (Å²) in [6.45, 7) is 9.80. The molecule has 0 radical (unpaired) electrons. The fraction of sp³-hybridized carbons (Fsp3) is 0.429. The Morgan fingerprint density at radius 2 is 1.73 bits per heavy atom. The minimum absolute atomic E-state index is 1.13. The third-order valence-corrected chi connectivity index (χ3v) is 4.36. The molecule has 0 aliphatic carbocycles. The number of hydrogen-bond acceptors (Lipinski definition) is 1. The smallest absolute Gasteiger partial charge is 0.0236 e. The fourth-order valence-corrected chi connectivity index (χ4v) is 3.20. The van der Waals surface area contributed by atoms with Gasteiger partial charge in [-0.2, -0.15) is 0 Å². The minimum atomic E-state index is 1.13. The lowest BCUT2D eigenvalue weighted by Gasteiger charge is -2.29. The van der Waals surface area contributed by atoms with Gasteiger partial charge in [0.05, 0.1) is 0 Å². The van der Waals surface area contributed by atoms with Crippen LogP contribution in [0.25, 0.3) is 0 Å². The van der Waals surface area contributed by atoms with Crippen LogP contribution in [0.2, 0.25) is 0 Å². The average molecular weight is 295 g/mol. The largest absolute Gasteiger partial charge is 0.299 e. The predicted molar refractivity (Wildman–Crippen MR) is 96.3 cm³/mol. The van der Waals surface area contributed by atoms with E-state index in [4.69, 9.17) is 0 Å². The van der Waals surface area contributed by atoms with Crippen molar-refractivity contribution in [2.24, 2.45) is 0 Å². The van der Waals surface area contributed by atoms with E-state index in [1.165, 1.54) is 49.0 Å². The zero-order chi connectivity index (χ0) is 15.8. The van der Waals surface area contributed by atoms with E-state index in [1.54, 1.807) is 5.56 Å². The summed E-state index contributed by atoms with van der Waals surface area (Å²) in [6.07, 6.45) is 3.66. The molecule has 1 aliphatic rings. The molecule has 118 valence electrons. The second kappa shape index (κ2) is 8.75. The molecular formula is C21H29N. The summed E-state index contributed by atoms with van der Waals surface area (Å²) in [4.78, 5) is 2.60. The maximum atomic E-state index is 2.60. The highest BCUT2D eigenvalue weighted by molar-refractivity contribution is 5.36. The molecule has 2 aromatic carbocycles. The Morgan fingerprint density at radius 1 is 0.955 bits per heavy atom. The van der Waals surface area contributed by atoms with Gasteiger partial charge < -0.3 is 0 Å². The van der Waals surface area contributed by atoms with Crippen molar-refractivity contribution in [1.82, 2.24) is 4.90 Å². The van der Waals surface area contributed by atoms with Crippen LogP contribution in [0.5, 0.6) is 0 Å². The van der Waals surface area contributed by atoms with Gasteiger partial charge in [-0.1, -0.05) is 62.4 Å². The van der Waals surface area contributed by atoms with Crippen molar-refractivity contribution in [3.05, 3.63) is 70.8 Å². The van der Waals surface area contributed by atoms with Gasteiger partial charge in [0.2, 0.25) is 0 Å². The lowest BCUT2D eigenvalue weighted by molar-refractivity contribution is 0.251. The van der Waals surface area contributed by atoms with Gasteiger partial charge in [0.1, 0.15) is 0 Å². The molecule has 0 amide bonds. The van der Waals surface area contributed by atoms with Crippen LogP contribution >= 0.6 is 0 Å². The van der Waals surface area contributed by atoms with Crippen molar-refractivity contribution < 1.29 is 0 Å². The van der Waals surface area contributed by atoms with Gasteiger partial charge in [0, 0.05) is 13.1 Å². The predicted octanol–water partition coefficient (Wildman–Crippen LogP) is 5.01. The van der Waals surface area contributed by atoms with Crippen molar-refractivity contribution in [2.75, 3.05) is 13.1 Å². The minimum Gasteiger partial charge on any atom is -0.299 e. The molecule has 0 unspecified atom stereocenters. The third-order valence-electron chi connectivity index (χ3n) is 4.36. The van der Waals surface area contributed by atoms with Crippen LogP contribution < -0.4 is 0 Å². The van der Waals surface area contributed by atoms with Crippen molar-refractivity contribution in [3.63, 3.8) is 0 Å². The molecule has 0 bridgehead atoms. The van der Waals surface area contributed by atoms with Crippen LogP contribution in [0.1, 0.15) is 42.5 Å². The van der Waals surface area contributed by atoms with Crippen molar-refractivity contribution in [3.8, 4) is 0 Å². The van der Waals surface area contributed by atoms with Gasteiger partial charge in [-0.25, -0.2) is 0 Å². The number of nitrogens with zero attached hydrogens (tertiary/aromatic N) is 1. The van der Waals surface area contributed by atoms with E-state index >= 15 is 0 Å². The first kappa shape index (κ1) is 16.8. The standard InChI is InChI=1S/C19H23N.C2H6/c1-16-7-5-11-18-15-20(14-12-19(16)18)13-6-10-17-8-3-2-4-9-17;1-2/h2-5,7-9,11H,6,10,12-15H2,1H3;1-2H3. The van der Waals surface area contributed by atoms with Crippen molar-refractivity contribution in [2.45, 2.75) is 46.6 Å².